The minimum atomic E-state index is 0.00912. The summed E-state index contributed by atoms with van der Waals surface area (Å²) in [6.45, 7) is 0.678. The smallest absolute Gasteiger partial charge is 0.128 e. The molecule has 4 nitrogen and oxygen atoms in total. The van der Waals surface area contributed by atoms with Crippen LogP contribution in [0.1, 0.15) is 12.0 Å². The Morgan fingerprint density at radius 1 is 1.57 bits per heavy atom. The number of nitrogens with zero attached hydrogens (tertiary/aromatic N) is 3. The lowest BCUT2D eigenvalue weighted by Gasteiger charge is -2.16. The molecule has 1 N–H and O–H groups in total. The van der Waals surface area contributed by atoms with Gasteiger partial charge in [-0.2, -0.15) is 5.26 Å². The number of aliphatic hydroxyl groups is 1. The molecular formula is C10H13N3O. The van der Waals surface area contributed by atoms with E-state index < -0.39 is 0 Å². The number of pyridine rings is 1. The first-order valence-corrected chi connectivity index (χ1v) is 4.42. The summed E-state index contributed by atoms with van der Waals surface area (Å²) in [6.07, 6.45) is 2.12. The zero-order valence-electron chi connectivity index (χ0n) is 8.14. The van der Waals surface area contributed by atoms with Gasteiger partial charge in [-0.3, -0.25) is 0 Å². The second-order valence-corrected chi connectivity index (χ2v) is 3.01. The van der Waals surface area contributed by atoms with Crippen LogP contribution < -0.4 is 4.90 Å². The molecule has 0 aliphatic heterocycles. The molecule has 1 rings (SSSR count). The molecule has 1 aromatic heterocycles. The molecule has 0 spiro atoms. The van der Waals surface area contributed by atoms with Crippen LogP contribution >= 0.6 is 0 Å². The fraction of sp³-hybridized carbons (Fsp3) is 0.400. The van der Waals surface area contributed by atoms with Crippen molar-refractivity contribution in [2.24, 2.45) is 0 Å². The van der Waals surface area contributed by atoms with Gasteiger partial charge in [0.25, 0.3) is 0 Å². The van der Waals surface area contributed by atoms with Gasteiger partial charge in [0.1, 0.15) is 5.82 Å². The summed E-state index contributed by atoms with van der Waals surface area (Å²) < 4.78 is 0. The Morgan fingerprint density at radius 3 is 2.86 bits per heavy atom. The highest BCUT2D eigenvalue weighted by atomic mass is 16.3. The van der Waals surface area contributed by atoms with Crippen LogP contribution in [0.3, 0.4) is 0 Å². The van der Waals surface area contributed by atoms with E-state index in [1.807, 2.05) is 24.1 Å². The van der Waals surface area contributed by atoms with Crippen molar-refractivity contribution >= 4 is 5.82 Å². The number of hydrogen-bond donors (Lipinski definition) is 1. The molecule has 0 unspecified atom stereocenters. The first kappa shape index (κ1) is 10.5. The van der Waals surface area contributed by atoms with Crippen molar-refractivity contribution in [3.05, 3.63) is 23.9 Å². The molecule has 0 bridgehead atoms. The lowest BCUT2D eigenvalue weighted by molar-refractivity contribution is 0.281. The molecule has 1 aromatic rings. The van der Waals surface area contributed by atoms with Crippen LogP contribution in [-0.4, -0.2) is 23.7 Å². The summed E-state index contributed by atoms with van der Waals surface area (Å²) in [5, 5.41) is 17.2. The van der Waals surface area contributed by atoms with Crippen LogP contribution in [0.2, 0.25) is 0 Å². The Morgan fingerprint density at radius 2 is 2.36 bits per heavy atom. The van der Waals surface area contributed by atoms with Gasteiger partial charge >= 0.3 is 0 Å². The number of anilines is 1. The normalized spacial score (nSPS) is 9.50. The van der Waals surface area contributed by atoms with Gasteiger partial charge in [0.05, 0.1) is 19.1 Å². The van der Waals surface area contributed by atoms with E-state index in [-0.39, 0.29) is 6.61 Å². The summed E-state index contributed by atoms with van der Waals surface area (Å²) in [5.41, 5.74) is 0.794. The minimum Gasteiger partial charge on any atom is -0.392 e. The van der Waals surface area contributed by atoms with Crippen LogP contribution in [0.4, 0.5) is 5.82 Å². The maximum absolute atomic E-state index is 8.81. The highest BCUT2D eigenvalue weighted by Gasteiger charge is 2.00. The molecule has 4 heteroatoms. The second kappa shape index (κ2) is 5.20. The first-order valence-electron chi connectivity index (χ1n) is 4.42. The standard InChI is InChI=1S/C10H13N3O/c1-13(6-2-5-11)10-4-3-9(8-14)7-12-10/h3-4,7,14H,2,6,8H2,1H3. The number of rotatable bonds is 4. The number of nitriles is 1. The summed E-state index contributed by atoms with van der Waals surface area (Å²) in [5.74, 6) is 0.817. The van der Waals surface area contributed by atoms with Gasteiger partial charge in [-0.05, 0) is 11.6 Å². The molecule has 0 aliphatic rings. The minimum absolute atomic E-state index is 0.00912. The lowest BCUT2D eigenvalue weighted by Crippen LogP contribution is -2.19. The largest absolute Gasteiger partial charge is 0.392 e. The van der Waals surface area contributed by atoms with E-state index >= 15 is 0 Å². The van der Waals surface area contributed by atoms with E-state index in [9.17, 15) is 0 Å². The molecular weight excluding hydrogens is 178 g/mol. The fourth-order valence-electron chi connectivity index (χ4n) is 1.07. The maximum atomic E-state index is 8.81. The molecule has 1 heterocycles. The molecule has 0 saturated heterocycles. The average molecular weight is 191 g/mol. The first-order chi connectivity index (χ1) is 6.77. The van der Waals surface area contributed by atoms with Crippen molar-refractivity contribution in [3.63, 3.8) is 0 Å². The molecule has 0 saturated carbocycles. The van der Waals surface area contributed by atoms with Crippen LogP contribution in [0, 0.1) is 11.3 Å². The lowest BCUT2D eigenvalue weighted by atomic mass is 10.3. The monoisotopic (exact) mass is 191 g/mol. The summed E-state index contributed by atoms with van der Waals surface area (Å²) in [4.78, 5) is 6.07. The van der Waals surface area contributed by atoms with Gasteiger partial charge < -0.3 is 10.0 Å². The Hall–Kier alpha value is -1.60. The Bertz CT molecular complexity index is 315. The third-order valence-corrected chi connectivity index (χ3v) is 1.94. The third kappa shape index (κ3) is 2.71. The Labute approximate surface area is 83.4 Å². The second-order valence-electron chi connectivity index (χ2n) is 3.01. The molecule has 0 fully saturated rings. The Balaban J connectivity index is 2.62. The molecule has 0 aliphatic carbocycles. The maximum Gasteiger partial charge on any atom is 0.128 e. The van der Waals surface area contributed by atoms with Crippen LogP contribution in [0.25, 0.3) is 0 Å². The van der Waals surface area contributed by atoms with Crippen molar-refractivity contribution in [2.75, 3.05) is 18.5 Å². The highest BCUT2D eigenvalue weighted by Crippen LogP contribution is 2.09. The number of aromatic nitrogens is 1. The summed E-state index contributed by atoms with van der Waals surface area (Å²) in [6, 6.07) is 5.74. The quantitative estimate of drug-likeness (QED) is 0.768. The zero-order chi connectivity index (χ0) is 10.4. The van der Waals surface area contributed by atoms with Gasteiger partial charge in [0, 0.05) is 19.8 Å². The van der Waals surface area contributed by atoms with E-state index in [2.05, 4.69) is 11.1 Å². The van der Waals surface area contributed by atoms with Crippen molar-refractivity contribution < 1.29 is 5.11 Å². The predicted octanol–water partition coefficient (Wildman–Crippen LogP) is 0.924. The zero-order valence-corrected chi connectivity index (χ0v) is 8.14. The van der Waals surface area contributed by atoms with E-state index in [1.165, 1.54) is 0 Å². The van der Waals surface area contributed by atoms with E-state index in [0.29, 0.717) is 13.0 Å². The van der Waals surface area contributed by atoms with Gasteiger partial charge in [-0.15, -0.1) is 0 Å². The van der Waals surface area contributed by atoms with Crippen molar-refractivity contribution in [1.82, 2.24) is 4.98 Å². The van der Waals surface area contributed by atoms with Crippen LogP contribution in [-0.2, 0) is 6.61 Å². The van der Waals surface area contributed by atoms with Crippen LogP contribution in [0.15, 0.2) is 18.3 Å². The van der Waals surface area contributed by atoms with Crippen molar-refractivity contribution in [2.45, 2.75) is 13.0 Å². The van der Waals surface area contributed by atoms with Gasteiger partial charge in [0.2, 0.25) is 0 Å². The molecule has 0 amide bonds. The molecule has 14 heavy (non-hydrogen) atoms. The van der Waals surface area contributed by atoms with Gasteiger partial charge in [-0.25, -0.2) is 4.98 Å². The molecule has 74 valence electrons. The molecule has 0 radical (unpaired) electrons. The predicted molar refractivity (Wildman–Crippen MR) is 53.7 cm³/mol. The van der Waals surface area contributed by atoms with E-state index in [4.69, 9.17) is 10.4 Å². The van der Waals surface area contributed by atoms with Crippen LogP contribution in [0.5, 0.6) is 0 Å². The fourth-order valence-corrected chi connectivity index (χ4v) is 1.07. The van der Waals surface area contributed by atoms with Gasteiger partial charge in [-0.1, -0.05) is 6.07 Å². The van der Waals surface area contributed by atoms with E-state index in [1.54, 1.807) is 6.20 Å². The summed E-state index contributed by atoms with van der Waals surface area (Å²) in [7, 11) is 1.89. The van der Waals surface area contributed by atoms with E-state index in [0.717, 1.165) is 11.4 Å². The van der Waals surface area contributed by atoms with Crippen molar-refractivity contribution in [3.8, 4) is 6.07 Å². The SMILES string of the molecule is CN(CCC#N)c1ccc(CO)cn1. The number of aliphatic hydroxyl groups excluding tert-OH is 1. The molecule has 0 atom stereocenters. The molecule has 0 aromatic carbocycles. The third-order valence-electron chi connectivity index (χ3n) is 1.94. The van der Waals surface area contributed by atoms with Gasteiger partial charge in [0.15, 0.2) is 0 Å². The Kier molecular flexibility index (Phi) is 3.89. The number of hydrogen-bond acceptors (Lipinski definition) is 4. The average Bonchev–Trinajstić information content (AvgIpc) is 2.26. The summed E-state index contributed by atoms with van der Waals surface area (Å²) >= 11 is 0. The highest BCUT2D eigenvalue weighted by molar-refractivity contribution is 5.38. The van der Waals surface area contributed by atoms with Crippen molar-refractivity contribution in [1.29, 1.82) is 5.26 Å². The topological polar surface area (TPSA) is 60.2 Å².